The fraction of sp³-hybridized carbons (Fsp3) is 0.645. The number of carbonyl (C=O) groups excluding carboxylic acids is 1. The Morgan fingerprint density at radius 3 is 2.52 bits per heavy atom. The van der Waals surface area contributed by atoms with Crippen LogP contribution in [0.3, 0.4) is 0 Å². The van der Waals surface area contributed by atoms with E-state index in [1.807, 2.05) is 23.1 Å². The van der Waals surface area contributed by atoms with E-state index in [1.165, 1.54) is 6.07 Å². The number of hydrogen-bond acceptors (Lipinski definition) is 3. The van der Waals surface area contributed by atoms with E-state index in [4.69, 9.17) is 11.6 Å². The SMILES string of the molecule is CC(C)(C)N1C[C@@H](CN2CCC[C@@H](C3C=CC(Cl)=CC3)N(C(=O)C3CC(F)(F)C3)C2)[C@H](c2ccc(F)cc2F)C1. The molecule has 1 aromatic rings. The van der Waals surface area contributed by atoms with Gasteiger partial charge in [0.2, 0.25) is 11.8 Å². The second kappa shape index (κ2) is 11.4. The van der Waals surface area contributed by atoms with Crippen LogP contribution >= 0.6 is 11.6 Å². The van der Waals surface area contributed by atoms with E-state index in [0.717, 1.165) is 32.0 Å². The average Bonchev–Trinajstić information content (AvgIpc) is 3.16. The Hall–Kier alpha value is -1.90. The Bertz CT molecular complexity index is 1160. The Balaban J connectivity index is 1.38. The largest absolute Gasteiger partial charge is 0.326 e. The van der Waals surface area contributed by atoms with Crippen LogP contribution in [0.2, 0.25) is 0 Å². The van der Waals surface area contributed by atoms with Gasteiger partial charge in [-0.1, -0.05) is 29.8 Å². The summed E-state index contributed by atoms with van der Waals surface area (Å²) in [5.74, 6) is -4.72. The number of likely N-dealkylation sites (tertiary alicyclic amines) is 1. The van der Waals surface area contributed by atoms with Gasteiger partial charge in [0.05, 0.1) is 6.67 Å². The summed E-state index contributed by atoms with van der Waals surface area (Å²) in [5.41, 5.74) is 0.402. The molecule has 0 spiro atoms. The molecule has 0 aromatic heterocycles. The number of nitrogens with zero attached hydrogens (tertiary/aromatic N) is 3. The molecule has 2 aliphatic heterocycles. The maximum atomic E-state index is 15.0. The lowest BCUT2D eigenvalue weighted by molar-refractivity contribution is -0.164. The number of hydrogen-bond donors (Lipinski definition) is 0. The maximum Gasteiger partial charge on any atom is 0.249 e. The fourth-order valence-corrected chi connectivity index (χ4v) is 7.12. The molecule has 4 nitrogen and oxygen atoms in total. The zero-order valence-corrected chi connectivity index (χ0v) is 24.3. The van der Waals surface area contributed by atoms with E-state index in [1.54, 1.807) is 6.07 Å². The molecular formula is C31H40ClF4N3O. The van der Waals surface area contributed by atoms with Crippen molar-refractivity contribution >= 4 is 17.5 Å². The van der Waals surface area contributed by atoms with E-state index in [-0.39, 0.29) is 35.2 Å². The van der Waals surface area contributed by atoms with Crippen molar-refractivity contribution in [2.75, 3.05) is 32.8 Å². The van der Waals surface area contributed by atoms with Gasteiger partial charge in [0.15, 0.2) is 0 Å². The summed E-state index contributed by atoms with van der Waals surface area (Å²) in [5, 5.41) is 0.673. The van der Waals surface area contributed by atoms with Crippen molar-refractivity contribution in [3.8, 4) is 0 Å². The van der Waals surface area contributed by atoms with Gasteiger partial charge in [0, 0.05) is 72.9 Å². The second-order valence-electron chi connectivity index (χ2n) is 13.2. The minimum absolute atomic E-state index is 0.0667. The summed E-state index contributed by atoms with van der Waals surface area (Å²) >= 11 is 6.16. The van der Waals surface area contributed by atoms with Crippen molar-refractivity contribution in [2.24, 2.45) is 17.8 Å². The first-order chi connectivity index (χ1) is 18.8. The highest BCUT2D eigenvalue weighted by molar-refractivity contribution is 6.31. The van der Waals surface area contributed by atoms with Crippen molar-refractivity contribution in [1.29, 1.82) is 0 Å². The van der Waals surface area contributed by atoms with E-state index < -0.39 is 36.3 Å². The number of benzene rings is 1. The van der Waals surface area contributed by atoms with Crippen LogP contribution in [0.4, 0.5) is 17.6 Å². The average molecular weight is 582 g/mol. The van der Waals surface area contributed by atoms with Gasteiger partial charge >= 0.3 is 0 Å². The van der Waals surface area contributed by atoms with E-state index in [2.05, 4.69) is 30.6 Å². The van der Waals surface area contributed by atoms with Gasteiger partial charge in [0.25, 0.3) is 0 Å². The molecule has 2 heterocycles. The molecule has 9 heteroatoms. The fourth-order valence-electron chi connectivity index (χ4n) is 6.95. The van der Waals surface area contributed by atoms with Gasteiger partial charge in [-0.25, -0.2) is 17.6 Å². The summed E-state index contributed by atoms with van der Waals surface area (Å²) in [6.07, 6.45) is 7.43. The highest BCUT2D eigenvalue weighted by Gasteiger charge is 2.51. The molecule has 5 rings (SSSR count). The summed E-state index contributed by atoms with van der Waals surface area (Å²) in [6.45, 7) is 9.58. The third-order valence-electron chi connectivity index (χ3n) is 9.28. The van der Waals surface area contributed by atoms with Crippen molar-refractivity contribution in [3.63, 3.8) is 0 Å². The zero-order chi connectivity index (χ0) is 28.8. The molecule has 4 aliphatic rings. The van der Waals surface area contributed by atoms with Crippen LogP contribution in [0.5, 0.6) is 0 Å². The van der Waals surface area contributed by atoms with Gasteiger partial charge in [-0.15, -0.1) is 0 Å². The van der Waals surface area contributed by atoms with Crippen LogP contribution in [-0.4, -0.2) is 71.0 Å². The molecule has 3 fully saturated rings. The lowest BCUT2D eigenvalue weighted by Gasteiger charge is -2.43. The van der Waals surface area contributed by atoms with Gasteiger partial charge in [-0.05, 0) is 70.2 Å². The van der Waals surface area contributed by atoms with Crippen molar-refractivity contribution in [1.82, 2.24) is 14.7 Å². The van der Waals surface area contributed by atoms with Gasteiger partial charge in [-0.2, -0.15) is 0 Å². The predicted octanol–water partition coefficient (Wildman–Crippen LogP) is 6.77. The van der Waals surface area contributed by atoms with Crippen LogP contribution in [0.1, 0.15) is 64.4 Å². The smallest absolute Gasteiger partial charge is 0.249 e. The summed E-state index contributed by atoms with van der Waals surface area (Å²) < 4.78 is 56.2. The van der Waals surface area contributed by atoms with E-state index in [9.17, 15) is 22.4 Å². The van der Waals surface area contributed by atoms with E-state index >= 15 is 0 Å². The van der Waals surface area contributed by atoms with Gasteiger partial charge in [-0.3, -0.25) is 14.6 Å². The lowest BCUT2D eigenvalue weighted by Crippen LogP contribution is -2.54. The molecule has 0 bridgehead atoms. The number of halogens is 5. The van der Waals surface area contributed by atoms with Crippen LogP contribution in [-0.2, 0) is 4.79 Å². The van der Waals surface area contributed by atoms with E-state index in [0.29, 0.717) is 36.8 Å². The quantitative estimate of drug-likeness (QED) is 0.359. The normalized spacial score (nSPS) is 30.2. The van der Waals surface area contributed by atoms with Crippen molar-refractivity contribution in [3.05, 3.63) is 58.7 Å². The molecule has 40 heavy (non-hydrogen) atoms. The first-order valence-corrected chi connectivity index (χ1v) is 14.8. The van der Waals surface area contributed by atoms with Crippen molar-refractivity contribution in [2.45, 2.75) is 76.3 Å². The Kier molecular flexibility index (Phi) is 8.44. The third kappa shape index (κ3) is 6.44. The first kappa shape index (κ1) is 29.6. The molecule has 1 saturated carbocycles. The zero-order valence-electron chi connectivity index (χ0n) is 23.6. The molecule has 0 radical (unpaired) electrons. The van der Waals surface area contributed by atoms with Crippen LogP contribution in [0, 0.1) is 29.4 Å². The molecule has 1 aromatic carbocycles. The number of alkyl halides is 2. The minimum Gasteiger partial charge on any atom is -0.326 e. The Labute approximate surface area is 240 Å². The molecule has 2 aliphatic carbocycles. The standard InChI is InChI=1S/C31H40ClF4N3O/c1-30(2,3)38-17-22(26(18-38)25-11-10-24(33)13-27(25)34)16-37-12-4-5-28(20-6-8-23(32)9-7-20)39(19-37)29(40)21-14-31(35,36)15-21/h6,8-11,13,20-22,26,28H,4-5,7,12,14-19H2,1-3H3/t20?,22-,26-,28+/m1/s1. The highest BCUT2D eigenvalue weighted by Crippen LogP contribution is 2.44. The highest BCUT2D eigenvalue weighted by atomic mass is 35.5. The lowest BCUT2D eigenvalue weighted by atomic mass is 9.79. The number of amides is 1. The van der Waals surface area contributed by atoms with Crippen LogP contribution in [0.25, 0.3) is 0 Å². The van der Waals surface area contributed by atoms with Crippen molar-refractivity contribution < 1.29 is 22.4 Å². The van der Waals surface area contributed by atoms with Gasteiger partial charge in [0.1, 0.15) is 11.6 Å². The third-order valence-corrected chi connectivity index (χ3v) is 9.56. The maximum absolute atomic E-state index is 15.0. The summed E-state index contributed by atoms with van der Waals surface area (Å²) in [4.78, 5) is 20.1. The monoisotopic (exact) mass is 581 g/mol. The summed E-state index contributed by atoms with van der Waals surface area (Å²) in [7, 11) is 0. The number of carbonyl (C=O) groups is 1. The number of allylic oxidation sites excluding steroid dienone is 3. The molecule has 1 amide bonds. The minimum atomic E-state index is -2.77. The summed E-state index contributed by atoms with van der Waals surface area (Å²) in [6, 6.07) is 3.74. The molecule has 4 atom stereocenters. The second-order valence-corrected chi connectivity index (χ2v) is 13.6. The topological polar surface area (TPSA) is 26.8 Å². The Morgan fingerprint density at radius 2 is 1.90 bits per heavy atom. The molecule has 1 unspecified atom stereocenters. The van der Waals surface area contributed by atoms with Crippen LogP contribution < -0.4 is 0 Å². The van der Waals surface area contributed by atoms with Crippen LogP contribution in [0.15, 0.2) is 41.5 Å². The molecule has 220 valence electrons. The first-order valence-electron chi connectivity index (χ1n) is 14.5. The Morgan fingerprint density at radius 1 is 1.15 bits per heavy atom. The number of rotatable bonds is 5. The molecule has 0 N–H and O–H groups in total. The van der Waals surface area contributed by atoms with Gasteiger partial charge < -0.3 is 4.90 Å². The molecular weight excluding hydrogens is 542 g/mol. The molecule has 2 saturated heterocycles. The predicted molar refractivity (Wildman–Crippen MR) is 149 cm³/mol.